The number of ether oxygens (including phenoxy) is 1. The number of carbonyl (C=O) groups is 2. The van der Waals surface area contributed by atoms with Crippen LogP contribution in [0.3, 0.4) is 0 Å². The van der Waals surface area contributed by atoms with Gasteiger partial charge < -0.3 is 10.5 Å². The first-order valence-electron chi connectivity index (χ1n) is 10.3. The second kappa shape index (κ2) is 8.96. The Labute approximate surface area is 187 Å². The van der Waals surface area contributed by atoms with Crippen molar-refractivity contribution < 1.29 is 14.3 Å². The number of rotatable bonds is 6. The van der Waals surface area contributed by atoms with Crippen LogP contribution >= 0.6 is 11.3 Å². The van der Waals surface area contributed by atoms with Crippen molar-refractivity contribution in [2.45, 2.75) is 32.2 Å². The van der Waals surface area contributed by atoms with Gasteiger partial charge in [-0.05, 0) is 42.9 Å². The van der Waals surface area contributed by atoms with Gasteiger partial charge in [-0.2, -0.15) is 0 Å². The second-order valence-corrected chi connectivity index (χ2v) is 8.88. The number of hydrogen-bond acceptors (Lipinski definition) is 7. The molecule has 3 aromatic rings. The number of nitrogens with two attached hydrogens (primary N) is 1. The molecule has 0 saturated carbocycles. The number of anilines is 1. The van der Waals surface area contributed by atoms with Crippen molar-refractivity contribution in [3.05, 3.63) is 83.7 Å². The van der Waals surface area contributed by atoms with Gasteiger partial charge in [-0.1, -0.05) is 30.3 Å². The molecule has 0 saturated heterocycles. The van der Waals surface area contributed by atoms with Crippen molar-refractivity contribution in [3.8, 4) is 0 Å². The second-order valence-electron chi connectivity index (χ2n) is 7.74. The Morgan fingerprint density at radius 1 is 1.12 bits per heavy atom. The maximum absolute atomic E-state index is 12.8. The van der Waals surface area contributed by atoms with Crippen LogP contribution in [0.2, 0.25) is 0 Å². The topological polar surface area (TPSA) is 113 Å². The van der Waals surface area contributed by atoms with Gasteiger partial charge in [0, 0.05) is 11.9 Å². The number of carbonyl (C=O) groups excluding carboxylic acids is 2. The summed E-state index contributed by atoms with van der Waals surface area (Å²) >= 11 is 1.38. The molecule has 1 aliphatic rings. The number of aromatic nitrogens is 2. The molecule has 1 aliphatic carbocycles. The van der Waals surface area contributed by atoms with Crippen LogP contribution < -0.4 is 17.0 Å². The van der Waals surface area contributed by atoms with E-state index in [9.17, 15) is 19.2 Å². The summed E-state index contributed by atoms with van der Waals surface area (Å²) in [6, 6.07) is 10.9. The Morgan fingerprint density at radius 3 is 2.56 bits per heavy atom. The van der Waals surface area contributed by atoms with Crippen molar-refractivity contribution in [1.82, 2.24) is 9.13 Å². The van der Waals surface area contributed by atoms with Gasteiger partial charge in [0.25, 0.3) is 5.56 Å². The minimum atomic E-state index is -0.815. The number of thiophene rings is 1. The van der Waals surface area contributed by atoms with Gasteiger partial charge >= 0.3 is 11.7 Å². The standard InChI is InChI=1S/C23H23N3O5S/c1-25-21(28)19(20(24)26(23(25)30)12-14-7-3-2-4-8-14)16(27)13-31-22(29)18-11-15-9-5-6-10-17(15)32-18/h2-4,7-8,11H,5-6,9-10,12-13,24H2,1H3. The number of hydrogen-bond donors (Lipinski definition) is 1. The Kier molecular flexibility index (Phi) is 6.09. The quantitative estimate of drug-likeness (QED) is 0.452. The molecule has 32 heavy (non-hydrogen) atoms. The summed E-state index contributed by atoms with van der Waals surface area (Å²) in [6.45, 7) is -0.537. The zero-order valence-corrected chi connectivity index (χ0v) is 18.4. The third-order valence-electron chi connectivity index (χ3n) is 5.58. The fourth-order valence-electron chi connectivity index (χ4n) is 3.83. The SMILES string of the molecule is Cn1c(=O)c(C(=O)COC(=O)c2cc3c(s2)CCCC3)c(N)n(Cc2ccccc2)c1=O. The molecule has 0 radical (unpaired) electrons. The Balaban J connectivity index is 1.56. The molecule has 1 aromatic carbocycles. The molecular weight excluding hydrogens is 430 g/mol. The Bertz CT molecular complexity index is 1280. The minimum Gasteiger partial charge on any atom is -0.453 e. The van der Waals surface area contributed by atoms with Gasteiger partial charge in [0.2, 0.25) is 5.78 Å². The van der Waals surface area contributed by atoms with E-state index in [4.69, 9.17) is 10.5 Å². The smallest absolute Gasteiger partial charge is 0.348 e. The highest BCUT2D eigenvalue weighted by atomic mass is 32.1. The van der Waals surface area contributed by atoms with E-state index in [2.05, 4.69) is 0 Å². The van der Waals surface area contributed by atoms with E-state index in [1.54, 1.807) is 12.1 Å². The van der Waals surface area contributed by atoms with E-state index >= 15 is 0 Å². The van der Waals surface area contributed by atoms with Gasteiger partial charge in [-0.25, -0.2) is 9.59 Å². The average molecular weight is 454 g/mol. The lowest BCUT2D eigenvalue weighted by Crippen LogP contribution is -2.43. The van der Waals surface area contributed by atoms with Gasteiger partial charge in [0.1, 0.15) is 16.3 Å². The maximum Gasteiger partial charge on any atom is 0.348 e. The van der Waals surface area contributed by atoms with E-state index < -0.39 is 29.6 Å². The number of nitrogens with zero attached hydrogens (tertiary/aromatic N) is 2. The lowest BCUT2D eigenvalue weighted by molar-refractivity contribution is 0.0479. The molecule has 2 aromatic heterocycles. The molecule has 2 heterocycles. The van der Waals surface area contributed by atoms with E-state index in [1.165, 1.54) is 27.8 Å². The van der Waals surface area contributed by atoms with Crippen LogP contribution in [0.5, 0.6) is 0 Å². The van der Waals surface area contributed by atoms with Crippen LogP contribution in [0.25, 0.3) is 0 Å². The molecule has 0 spiro atoms. The van der Waals surface area contributed by atoms with Crippen LogP contribution in [0.4, 0.5) is 5.82 Å². The first kappa shape index (κ1) is 21.8. The first-order chi connectivity index (χ1) is 15.4. The van der Waals surface area contributed by atoms with Crippen molar-refractivity contribution in [2.75, 3.05) is 12.3 Å². The molecule has 2 N–H and O–H groups in total. The molecule has 0 bridgehead atoms. The van der Waals surface area contributed by atoms with Gasteiger partial charge in [-0.15, -0.1) is 11.3 Å². The molecule has 0 fully saturated rings. The third kappa shape index (κ3) is 4.16. The fraction of sp³-hybridized carbons (Fsp3) is 0.304. The average Bonchev–Trinajstić information content (AvgIpc) is 3.24. The van der Waals surface area contributed by atoms with Crippen LogP contribution in [-0.2, 0) is 31.2 Å². The van der Waals surface area contributed by atoms with Crippen molar-refractivity contribution in [1.29, 1.82) is 0 Å². The fourth-order valence-corrected chi connectivity index (χ4v) is 4.98. The summed E-state index contributed by atoms with van der Waals surface area (Å²) in [5.41, 5.74) is 6.21. The number of aryl methyl sites for hydroxylation is 2. The number of ketones is 1. The number of nitrogen functional groups attached to an aromatic ring is 1. The molecule has 0 atom stereocenters. The van der Waals surface area contributed by atoms with E-state index in [0.717, 1.165) is 41.4 Å². The number of benzene rings is 1. The molecule has 9 heteroatoms. The molecule has 0 aliphatic heterocycles. The van der Waals surface area contributed by atoms with Crippen LogP contribution in [0.15, 0.2) is 46.0 Å². The summed E-state index contributed by atoms with van der Waals surface area (Å²) in [6.07, 6.45) is 4.08. The highest BCUT2D eigenvalue weighted by molar-refractivity contribution is 7.14. The summed E-state index contributed by atoms with van der Waals surface area (Å²) in [5, 5.41) is 0. The molecule has 0 unspecified atom stereocenters. The lowest BCUT2D eigenvalue weighted by atomic mass is 9.99. The van der Waals surface area contributed by atoms with E-state index in [1.807, 2.05) is 24.3 Å². The highest BCUT2D eigenvalue weighted by Gasteiger charge is 2.24. The molecule has 8 nitrogen and oxygen atoms in total. The number of esters is 1. The zero-order valence-electron chi connectivity index (χ0n) is 17.6. The summed E-state index contributed by atoms with van der Waals surface area (Å²) in [4.78, 5) is 52.1. The Hall–Kier alpha value is -3.46. The zero-order chi connectivity index (χ0) is 22.8. The van der Waals surface area contributed by atoms with Crippen molar-refractivity contribution in [2.24, 2.45) is 7.05 Å². The summed E-state index contributed by atoms with van der Waals surface area (Å²) < 4.78 is 7.19. The summed E-state index contributed by atoms with van der Waals surface area (Å²) in [5.74, 6) is -1.60. The monoisotopic (exact) mass is 453 g/mol. The first-order valence-corrected chi connectivity index (χ1v) is 11.1. The van der Waals surface area contributed by atoms with E-state index in [0.29, 0.717) is 4.88 Å². The van der Waals surface area contributed by atoms with Gasteiger partial charge in [0.05, 0.1) is 6.54 Å². The van der Waals surface area contributed by atoms with Crippen LogP contribution in [0, 0.1) is 0 Å². The highest BCUT2D eigenvalue weighted by Crippen LogP contribution is 2.30. The molecule has 166 valence electrons. The predicted molar refractivity (Wildman–Crippen MR) is 121 cm³/mol. The minimum absolute atomic E-state index is 0.0977. The molecular formula is C23H23N3O5S. The normalized spacial score (nSPS) is 12.9. The number of fused-ring (bicyclic) bond motifs is 1. The largest absolute Gasteiger partial charge is 0.453 e. The lowest BCUT2D eigenvalue weighted by Gasteiger charge is -2.14. The summed E-state index contributed by atoms with van der Waals surface area (Å²) in [7, 11) is 1.28. The maximum atomic E-state index is 12.8. The van der Waals surface area contributed by atoms with Crippen molar-refractivity contribution in [3.63, 3.8) is 0 Å². The van der Waals surface area contributed by atoms with Crippen molar-refractivity contribution >= 4 is 28.9 Å². The van der Waals surface area contributed by atoms with Gasteiger partial charge in [0.15, 0.2) is 6.61 Å². The van der Waals surface area contributed by atoms with Gasteiger partial charge in [-0.3, -0.25) is 18.7 Å². The molecule has 4 rings (SSSR count). The molecule has 0 amide bonds. The third-order valence-corrected chi connectivity index (χ3v) is 6.79. The number of Topliss-reactive ketones (excluding diaryl/α,β-unsaturated/α-hetero) is 1. The van der Waals surface area contributed by atoms with Crippen LogP contribution in [0.1, 0.15) is 48.9 Å². The predicted octanol–water partition coefficient (Wildman–Crippen LogP) is 2.16. The Morgan fingerprint density at radius 2 is 1.84 bits per heavy atom. The van der Waals surface area contributed by atoms with E-state index in [-0.39, 0.29) is 17.9 Å². The van der Waals surface area contributed by atoms with Crippen LogP contribution in [-0.4, -0.2) is 27.5 Å².